The van der Waals surface area contributed by atoms with Gasteiger partial charge in [-0.25, -0.2) is 0 Å². The number of benzene rings is 1. The average Bonchev–Trinajstić information content (AvgIpc) is 3.55. The maximum Gasteiger partial charge on any atom is 0.251 e. The molecule has 3 amide bonds. The van der Waals surface area contributed by atoms with Gasteiger partial charge in [-0.3, -0.25) is 14.4 Å². The number of aliphatic hydroxyl groups excluding tert-OH is 1. The number of fused-ring (bicyclic) bond motifs is 1. The third-order valence-electron chi connectivity index (χ3n) is 9.17. The van der Waals surface area contributed by atoms with Crippen molar-refractivity contribution in [2.75, 3.05) is 31.6 Å². The summed E-state index contributed by atoms with van der Waals surface area (Å²) in [4.78, 5) is 48.1. The molecular formula is C31H43N3O4S. The summed E-state index contributed by atoms with van der Waals surface area (Å²) in [5, 5.41) is 10.6. The minimum Gasteiger partial charge on any atom is -0.394 e. The van der Waals surface area contributed by atoms with E-state index < -0.39 is 28.7 Å². The van der Waals surface area contributed by atoms with E-state index in [0.29, 0.717) is 19.5 Å². The molecule has 1 N–H and O–H groups in total. The standard InChI is InChI=1S/C31H43N3O4S/c1-8-16-32(7)28(36)24-23-14-15-31(39-23)25(24)29(37)34(22(18-35)19(4)10-3)27(31)30(38)33(17-9-2)26-20(5)12-11-13-21(26)6/h8-9,11-13,19,22-25,27,35H,1-2,10,14-18H2,3-7H3/t19-,22-,23-,24+,25-,27?,31?/m0/s1. The largest absolute Gasteiger partial charge is 0.394 e. The topological polar surface area (TPSA) is 81.2 Å². The first kappa shape index (κ1) is 29.4. The van der Waals surface area contributed by atoms with Crippen LogP contribution in [0.2, 0.25) is 0 Å². The van der Waals surface area contributed by atoms with E-state index in [9.17, 15) is 19.5 Å². The predicted molar refractivity (Wildman–Crippen MR) is 158 cm³/mol. The Hall–Kier alpha value is -2.58. The molecule has 8 heteroatoms. The van der Waals surface area contributed by atoms with Gasteiger partial charge in [0.25, 0.3) is 5.91 Å². The molecule has 3 aliphatic heterocycles. The highest BCUT2D eigenvalue weighted by molar-refractivity contribution is 8.02. The number of rotatable bonds is 11. The van der Waals surface area contributed by atoms with Crippen LogP contribution in [0.3, 0.4) is 0 Å². The molecule has 3 aliphatic rings. The Bertz CT molecular complexity index is 1130. The van der Waals surface area contributed by atoms with Gasteiger partial charge in [0.2, 0.25) is 11.8 Å². The lowest BCUT2D eigenvalue weighted by Crippen LogP contribution is -2.59. The molecule has 3 fully saturated rings. The number of carbonyl (C=O) groups excluding carboxylic acids is 3. The quantitative estimate of drug-likeness (QED) is 0.420. The molecule has 0 aliphatic carbocycles. The minimum atomic E-state index is -0.780. The second kappa shape index (κ2) is 11.5. The summed E-state index contributed by atoms with van der Waals surface area (Å²) in [5.74, 6) is -1.51. The molecule has 7 nitrogen and oxygen atoms in total. The lowest BCUT2D eigenvalue weighted by molar-refractivity contribution is -0.145. The van der Waals surface area contributed by atoms with Crippen LogP contribution >= 0.6 is 11.8 Å². The van der Waals surface area contributed by atoms with E-state index >= 15 is 0 Å². The highest BCUT2D eigenvalue weighted by Crippen LogP contribution is 2.67. The molecule has 3 heterocycles. The van der Waals surface area contributed by atoms with Crippen molar-refractivity contribution in [1.82, 2.24) is 9.80 Å². The summed E-state index contributed by atoms with van der Waals surface area (Å²) in [6.45, 7) is 16.2. The molecule has 0 aromatic heterocycles. The predicted octanol–water partition coefficient (Wildman–Crippen LogP) is 3.97. The third kappa shape index (κ3) is 4.63. The van der Waals surface area contributed by atoms with Crippen LogP contribution in [0, 0.1) is 31.6 Å². The zero-order valence-electron chi connectivity index (χ0n) is 23.9. The number of para-hydroxylation sites is 1. The first-order valence-corrected chi connectivity index (χ1v) is 14.9. The van der Waals surface area contributed by atoms with Crippen molar-refractivity contribution in [1.29, 1.82) is 0 Å². The first-order valence-electron chi connectivity index (χ1n) is 14.0. The van der Waals surface area contributed by atoms with Crippen molar-refractivity contribution < 1.29 is 19.5 Å². The Morgan fingerprint density at radius 3 is 2.41 bits per heavy atom. The Morgan fingerprint density at radius 2 is 1.85 bits per heavy atom. The Labute approximate surface area is 237 Å². The Morgan fingerprint density at radius 1 is 1.21 bits per heavy atom. The normalized spacial score (nSPS) is 28.7. The Kier molecular flexibility index (Phi) is 8.67. The number of hydrogen-bond donors (Lipinski definition) is 1. The molecule has 2 bridgehead atoms. The maximum atomic E-state index is 14.8. The van der Waals surface area contributed by atoms with E-state index in [0.717, 1.165) is 29.7 Å². The second-order valence-corrected chi connectivity index (χ2v) is 13.0. The lowest BCUT2D eigenvalue weighted by atomic mass is 9.70. The van der Waals surface area contributed by atoms with Gasteiger partial charge in [-0.1, -0.05) is 50.6 Å². The summed E-state index contributed by atoms with van der Waals surface area (Å²) in [7, 11) is 1.75. The van der Waals surface area contributed by atoms with E-state index in [1.165, 1.54) is 0 Å². The summed E-state index contributed by atoms with van der Waals surface area (Å²) in [6.07, 6.45) is 5.62. The number of likely N-dealkylation sites (N-methyl/N-ethyl adjacent to an activating group) is 1. The van der Waals surface area contributed by atoms with Gasteiger partial charge in [0.05, 0.1) is 29.2 Å². The molecule has 2 unspecified atom stereocenters. The van der Waals surface area contributed by atoms with Crippen LogP contribution in [0.25, 0.3) is 0 Å². The highest BCUT2D eigenvalue weighted by Gasteiger charge is 2.74. The zero-order chi connectivity index (χ0) is 28.6. The van der Waals surface area contributed by atoms with Crippen molar-refractivity contribution in [2.45, 2.75) is 69.0 Å². The number of likely N-dealkylation sites (tertiary alicyclic amines) is 1. The van der Waals surface area contributed by atoms with Gasteiger partial charge in [-0.15, -0.1) is 24.9 Å². The van der Waals surface area contributed by atoms with Crippen LogP contribution < -0.4 is 4.90 Å². The third-order valence-corrected chi connectivity index (χ3v) is 11.1. The molecule has 39 heavy (non-hydrogen) atoms. The summed E-state index contributed by atoms with van der Waals surface area (Å²) < 4.78 is -0.717. The molecule has 7 atom stereocenters. The van der Waals surface area contributed by atoms with Crippen LogP contribution in [-0.2, 0) is 14.4 Å². The van der Waals surface area contributed by atoms with E-state index in [-0.39, 0.29) is 35.5 Å². The maximum absolute atomic E-state index is 14.8. The zero-order valence-corrected chi connectivity index (χ0v) is 24.7. The van der Waals surface area contributed by atoms with E-state index in [1.807, 2.05) is 45.9 Å². The number of nitrogens with zero attached hydrogens (tertiary/aromatic N) is 3. The van der Waals surface area contributed by atoms with Crippen LogP contribution in [0.5, 0.6) is 0 Å². The van der Waals surface area contributed by atoms with Gasteiger partial charge in [0, 0.05) is 31.1 Å². The fourth-order valence-corrected chi connectivity index (χ4v) is 9.35. The number of amides is 3. The monoisotopic (exact) mass is 553 g/mol. The fraction of sp³-hybridized carbons (Fsp3) is 0.581. The number of aliphatic hydroxyl groups is 1. The number of thioether (sulfide) groups is 1. The summed E-state index contributed by atoms with van der Waals surface area (Å²) in [6, 6.07) is 4.65. The molecule has 4 rings (SSSR count). The average molecular weight is 554 g/mol. The molecule has 1 spiro atoms. The molecular weight excluding hydrogens is 510 g/mol. The minimum absolute atomic E-state index is 0.0135. The van der Waals surface area contributed by atoms with Gasteiger partial charge < -0.3 is 19.8 Å². The van der Waals surface area contributed by atoms with Crippen molar-refractivity contribution in [3.8, 4) is 0 Å². The second-order valence-electron chi connectivity index (χ2n) is 11.4. The summed E-state index contributed by atoms with van der Waals surface area (Å²) >= 11 is 1.66. The summed E-state index contributed by atoms with van der Waals surface area (Å²) in [5.41, 5.74) is 2.77. The van der Waals surface area contributed by atoms with Crippen LogP contribution in [0.15, 0.2) is 43.5 Å². The van der Waals surface area contributed by atoms with E-state index in [4.69, 9.17) is 0 Å². The van der Waals surface area contributed by atoms with E-state index in [2.05, 4.69) is 13.2 Å². The molecule has 212 valence electrons. The molecule has 3 saturated heterocycles. The van der Waals surface area contributed by atoms with Gasteiger partial charge in [0.15, 0.2) is 0 Å². The number of anilines is 1. The molecule has 1 aromatic rings. The fourth-order valence-electron chi connectivity index (χ4n) is 7.16. The number of carbonyl (C=O) groups is 3. The van der Waals surface area contributed by atoms with Gasteiger partial charge in [-0.2, -0.15) is 0 Å². The number of aryl methyl sites for hydroxylation is 2. The Balaban J connectivity index is 1.87. The van der Waals surface area contributed by atoms with Gasteiger partial charge >= 0.3 is 0 Å². The van der Waals surface area contributed by atoms with E-state index in [1.54, 1.807) is 45.7 Å². The highest BCUT2D eigenvalue weighted by atomic mass is 32.2. The molecule has 1 aromatic carbocycles. The van der Waals surface area contributed by atoms with Crippen molar-refractivity contribution >= 4 is 35.2 Å². The van der Waals surface area contributed by atoms with Crippen LogP contribution in [0.1, 0.15) is 44.2 Å². The van der Waals surface area contributed by atoms with Crippen molar-refractivity contribution in [3.05, 3.63) is 54.6 Å². The van der Waals surface area contributed by atoms with Gasteiger partial charge in [0.1, 0.15) is 6.04 Å². The van der Waals surface area contributed by atoms with Crippen molar-refractivity contribution in [2.24, 2.45) is 17.8 Å². The molecule has 0 saturated carbocycles. The van der Waals surface area contributed by atoms with Crippen molar-refractivity contribution in [3.63, 3.8) is 0 Å². The molecule has 0 radical (unpaired) electrons. The smallest absolute Gasteiger partial charge is 0.251 e. The van der Waals surface area contributed by atoms with Gasteiger partial charge in [-0.05, 0) is 43.7 Å². The van der Waals surface area contributed by atoms with Crippen LogP contribution in [-0.4, -0.2) is 81.5 Å². The van der Waals surface area contributed by atoms with Crippen LogP contribution in [0.4, 0.5) is 5.69 Å². The first-order chi connectivity index (χ1) is 18.6. The number of hydrogen-bond acceptors (Lipinski definition) is 5. The SMILES string of the molecule is C=CCN(C)C(=O)[C@@H]1[C@@H]2CCC3(S2)C(C(=O)N(CC=C)c2c(C)cccc2C)N([C@@H](CO)[C@@H](C)CC)C(=O)[C@H]13. The lowest BCUT2D eigenvalue weighted by Gasteiger charge is -2.41.